The van der Waals surface area contributed by atoms with E-state index in [1.807, 2.05) is 43.3 Å². The van der Waals surface area contributed by atoms with Gasteiger partial charge in [-0.25, -0.2) is 0 Å². The van der Waals surface area contributed by atoms with Crippen LogP contribution in [0.15, 0.2) is 53.5 Å². The maximum Gasteiger partial charge on any atom is 0.251 e. The lowest BCUT2D eigenvalue weighted by atomic mass is 10.1. The minimum Gasteiger partial charge on any atom is -0.497 e. The summed E-state index contributed by atoms with van der Waals surface area (Å²) in [5.41, 5.74) is 2.98. The second kappa shape index (κ2) is 13.0. The SMILES string of the molecule is CN=C(NCCNC(=O)c1cccc(C)c1)NCCc1ccc(OC)cc1.I. The minimum absolute atomic E-state index is 0. The van der Waals surface area contributed by atoms with E-state index in [0.717, 1.165) is 24.3 Å². The molecular formula is C21H29IN4O2. The Labute approximate surface area is 184 Å². The predicted molar refractivity (Wildman–Crippen MR) is 125 cm³/mol. The van der Waals surface area contributed by atoms with Gasteiger partial charge in [0.25, 0.3) is 5.91 Å². The van der Waals surface area contributed by atoms with Crippen molar-refractivity contribution < 1.29 is 9.53 Å². The molecule has 6 nitrogen and oxygen atoms in total. The van der Waals surface area contributed by atoms with Gasteiger partial charge in [-0.1, -0.05) is 29.8 Å². The van der Waals surface area contributed by atoms with Gasteiger partial charge in [-0.15, -0.1) is 24.0 Å². The molecule has 1 amide bonds. The lowest BCUT2D eigenvalue weighted by Crippen LogP contribution is -2.42. The topological polar surface area (TPSA) is 74.8 Å². The third-order valence-electron chi connectivity index (χ3n) is 4.07. The Morgan fingerprint density at radius 1 is 1.00 bits per heavy atom. The minimum atomic E-state index is -0.0667. The van der Waals surface area contributed by atoms with Crippen LogP contribution in [0.5, 0.6) is 5.75 Å². The zero-order chi connectivity index (χ0) is 19.5. The van der Waals surface area contributed by atoms with Crippen LogP contribution in [0.1, 0.15) is 21.5 Å². The molecule has 2 aromatic carbocycles. The molecule has 2 aromatic rings. The van der Waals surface area contributed by atoms with Gasteiger partial charge in [0.2, 0.25) is 0 Å². The summed E-state index contributed by atoms with van der Waals surface area (Å²) in [7, 11) is 3.39. The first kappa shape index (κ1) is 23.7. The Kier molecular flexibility index (Phi) is 11.0. The van der Waals surface area contributed by atoms with E-state index < -0.39 is 0 Å². The number of nitrogens with one attached hydrogen (secondary N) is 3. The van der Waals surface area contributed by atoms with E-state index in [9.17, 15) is 4.79 Å². The fourth-order valence-electron chi connectivity index (χ4n) is 2.58. The number of carbonyl (C=O) groups is 1. The fraction of sp³-hybridized carbons (Fsp3) is 0.333. The van der Waals surface area contributed by atoms with Gasteiger partial charge in [0.05, 0.1) is 7.11 Å². The van der Waals surface area contributed by atoms with Crippen molar-refractivity contribution >= 4 is 35.8 Å². The lowest BCUT2D eigenvalue weighted by molar-refractivity contribution is 0.0954. The normalized spacial score (nSPS) is 10.6. The molecular weight excluding hydrogens is 467 g/mol. The maximum absolute atomic E-state index is 12.1. The Morgan fingerprint density at radius 2 is 1.68 bits per heavy atom. The second-order valence-electron chi connectivity index (χ2n) is 6.15. The van der Waals surface area contributed by atoms with Crippen molar-refractivity contribution in [1.29, 1.82) is 0 Å². The van der Waals surface area contributed by atoms with Crippen LogP contribution in [0.4, 0.5) is 0 Å². The molecule has 0 heterocycles. The monoisotopic (exact) mass is 496 g/mol. The Bertz CT molecular complexity index is 763. The summed E-state index contributed by atoms with van der Waals surface area (Å²) in [6.45, 7) is 3.85. The average molecular weight is 496 g/mol. The van der Waals surface area contributed by atoms with Crippen LogP contribution in [0.3, 0.4) is 0 Å². The van der Waals surface area contributed by atoms with Crippen molar-refractivity contribution in [3.05, 3.63) is 65.2 Å². The van der Waals surface area contributed by atoms with Gasteiger partial charge in [-0.3, -0.25) is 9.79 Å². The summed E-state index contributed by atoms with van der Waals surface area (Å²) in [4.78, 5) is 16.3. The van der Waals surface area contributed by atoms with E-state index in [4.69, 9.17) is 4.74 Å². The third-order valence-corrected chi connectivity index (χ3v) is 4.07. The van der Waals surface area contributed by atoms with Crippen LogP contribution < -0.4 is 20.7 Å². The van der Waals surface area contributed by atoms with Gasteiger partial charge >= 0.3 is 0 Å². The van der Waals surface area contributed by atoms with Crippen molar-refractivity contribution in [3.63, 3.8) is 0 Å². The molecule has 0 unspecified atom stereocenters. The number of guanidine groups is 1. The van der Waals surface area contributed by atoms with E-state index in [-0.39, 0.29) is 29.9 Å². The molecule has 28 heavy (non-hydrogen) atoms. The highest BCUT2D eigenvalue weighted by molar-refractivity contribution is 14.0. The van der Waals surface area contributed by atoms with Gasteiger partial charge in [0.15, 0.2) is 5.96 Å². The van der Waals surface area contributed by atoms with Gasteiger partial charge in [0.1, 0.15) is 5.75 Å². The molecule has 0 aliphatic carbocycles. The van der Waals surface area contributed by atoms with E-state index in [0.29, 0.717) is 24.6 Å². The number of halogens is 1. The Morgan fingerprint density at radius 3 is 2.32 bits per heavy atom. The van der Waals surface area contributed by atoms with Crippen molar-refractivity contribution in [3.8, 4) is 5.75 Å². The van der Waals surface area contributed by atoms with Gasteiger partial charge in [0, 0.05) is 32.2 Å². The standard InChI is InChI=1S/C21H28N4O2.HI/c1-16-5-4-6-18(15-16)20(26)23-13-14-25-21(22-2)24-12-11-17-7-9-19(27-3)10-8-17;/h4-10,15H,11-14H2,1-3H3,(H,23,26)(H2,22,24,25);1H. The quantitative estimate of drug-likeness (QED) is 0.228. The number of nitrogens with zero attached hydrogens (tertiary/aromatic N) is 1. The van der Waals surface area contributed by atoms with E-state index in [2.05, 4.69) is 33.1 Å². The summed E-state index contributed by atoms with van der Waals surface area (Å²) in [5.74, 6) is 1.51. The van der Waals surface area contributed by atoms with Gasteiger partial charge in [-0.2, -0.15) is 0 Å². The molecule has 0 bridgehead atoms. The van der Waals surface area contributed by atoms with Crippen LogP contribution in [0.25, 0.3) is 0 Å². The number of hydrogen-bond acceptors (Lipinski definition) is 3. The molecule has 2 rings (SSSR count). The number of aryl methyl sites for hydroxylation is 1. The molecule has 0 saturated carbocycles. The number of hydrogen-bond donors (Lipinski definition) is 3. The van der Waals surface area contributed by atoms with Crippen molar-refractivity contribution in [2.45, 2.75) is 13.3 Å². The number of carbonyl (C=O) groups excluding carboxylic acids is 1. The summed E-state index contributed by atoms with van der Waals surface area (Å²) >= 11 is 0. The second-order valence-corrected chi connectivity index (χ2v) is 6.15. The number of aliphatic imine (C=N–C) groups is 1. The average Bonchev–Trinajstić information content (AvgIpc) is 2.70. The highest BCUT2D eigenvalue weighted by Crippen LogP contribution is 2.11. The first-order valence-electron chi connectivity index (χ1n) is 9.04. The summed E-state index contributed by atoms with van der Waals surface area (Å²) < 4.78 is 5.16. The molecule has 0 aliphatic heterocycles. The number of amides is 1. The van der Waals surface area contributed by atoms with Crippen molar-refractivity contribution in [2.24, 2.45) is 4.99 Å². The summed E-state index contributed by atoms with van der Waals surface area (Å²) in [6.07, 6.45) is 0.884. The molecule has 0 radical (unpaired) electrons. The molecule has 0 atom stereocenters. The number of benzene rings is 2. The zero-order valence-corrected chi connectivity index (χ0v) is 18.9. The highest BCUT2D eigenvalue weighted by Gasteiger charge is 2.04. The third kappa shape index (κ3) is 8.16. The summed E-state index contributed by atoms with van der Waals surface area (Å²) in [5, 5.41) is 9.37. The van der Waals surface area contributed by atoms with Crippen molar-refractivity contribution in [1.82, 2.24) is 16.0 Å². The van der Waals surface area contributed by atoms with Crippen LogP contribution in [0, 0.1) is 6.92 Å². The van der Waals surface area contributed by atoms with Crippen LogP contribution in [0.2, 0.25) is 0 Å². The van der Waals surface area contributed by atoms with E-state index in [1.165, 1.54) is 5.56 Å². The van der Waals surface area contributed by atoms with Crippen LogP contribution in [-0.2, 0) is 6.42 Å². The molecule has 152 valence electrons. The smallest absolute Gasteiger partial charge is 0.251 e. The van der Waals surface area contributed by atoms with Gasteiger partial charge < -0.3 is 20.7 Å². The number of rotatable bonds is 8. The summed E-state index contributed by atoms with van der Waals surface area (Å²) in [6, 6.07) is 15.6. The predicted octanol–water partition coefficient (Wildman–Crippen LogP) is 2.76. The van der Waals surface area contributed by atoms with E-state index >= 15 is 0 Å². The first-order valence-corrected chi connectivity index (χ1v) is 9.04. The largest absolute Gasteiger partial charge is 0.497 e. The number of ether oxygens (including phenoxy) is 1. The molecule has 0 saturated heterocycles. The van der Waals surface area contributed by atoms with E-state index in [1.54, 1.807) is 14.2 Å². The Balaban J connectivity index is 0.00000392. The maximum atomic E-state index is 12.1. The first-order chi connectivity index (χ1) is 13.1. The van der Waals surface area contributed by atoms with Crippen LogP contribution in [-0.4, -0.2) is 45.7 Å². The lowest BCUT2D eigenvalue weighted by Gasteiger charge is -2.12. The molecule has 3 N–H and O–H groups in total. The van der Waals surface area contributed by atoms with Crippen molar-refractivity contribution in [2.75, 3.05) is 33.8 Å². The molecule has 0 spiro atoms. The van der Waals surface area contributed by atoms with Gasteiger partial charge in [-0.05, 0) is 43.2 Å². The zero-order valence-electron chi connectivity index (χ0n) is 16.6. The fourth-order valence-corrected chi connectivity index (χ4v) is 2.58. The van der Waals surface area contributed by atoms with Crippen LogP contribution >= 0.6 is 24.0 Å². The Hall–Kier alpha value is -2.29. The molecule has 0 fully saturated rings. The number of methoxy groups -OCH3 is 1. The molecule has 0 aliphatic rings. The molecule has 0 aromatic heterocycles. The molecule has 7 heteroatoms. The highest BCUT2D eigenvalue weighted by atomic mass is 127.